The summed E-state index contributed by atoms with van der Waals surface area (Å²) < 4.78 is 10.5. The van der Waals surface area contributed by atoms with E-state index in [1.165, 1.54) is 7.11 Å². The number of benzene rings is 1. The molecule has 2 amide bonds. The van der Waals surface area contributed by atoms with Gasteiger partial charge in [-0.1, -0.05) is 11.6 Å². The van der Waals surface area contributed by atoms with Crippen LogP contribution in [0.3, 0.4) is 0 Å². The van der Waals surface area contributed by atoms with E-state index in [1.807, 2.05) is 0 Å². The summed E-state index contributed by atoms with van der Waals surface area (Å²) >= 11 is 5.85. The first-order valence-corrected chi connectivity index (χ1v) is 8.55. The fourth-order valence-corrected chi connectivity index (χ4v) is 3.08. The molecular formula is C18H20ClN3O4. The highest BCUT2D eigenvalue weighted by Gasteiger charge is 2.27. The minimum atomic E-state index is -0.125. The molecule has 0 aliphatic carbocycles. The van der Waals surface area contributed by atoms with Gasteiger partial charge in [0, 0.05) is 38.4 Å². The number of amides is 2. The van der Waals surface area contributed by atoms with Crippen LogP contribution < -0.4 is 9.47 Å². The van der Waals surface area contributed by atoms with Crippen molar-refractivity contribution >= 4 is 23.4 Å². The highest BCUT2D eigenvalue weighted by atomic mass is 35.5. The smallest absolute Gasteiger partial charge is 0.270 e. The third-order valence-electron chi connectivity index (χ3n) is 4.37. The zero-order valence-corrected chi connectivity index (χ0v) is 15.4. The number of aromatic nitrogens is 1. The second-order valence-electron chi connectivity index (χ2n) is 5.88. The second kappa shape index (κ2) is 7.70. The van der Waals surface area contributed by atoms with Crippen molar-refractivity contribution in [3.05, 3.63) is 46.7 Å². The lowest BCUT2D eigenvalue weighted by Crippen LogP contribution is -2.50. The van der Waals surface area contributed by atoms with Gasteiger partial charge in [-0.2, -0.15) is 0 Å². The van der Waals surface area contributed by atoms with E-state index in [0.29, 0.717) is 54.0 Å². The number of halogens is 1. The molecule has 1 aliphatic rings. The topological polar surface area (TPSA) is 74.9 Å². The van der Waals surface area contributed by atoms with Gasteiger partial charge < -0.3 is 24.3 Å². The van der Waals surface area contributed by atoms with E-state index in [2.05, 4.69) is 4.98 Å². The summed E-state index contributed by atoms with van der Waals surface area (Å²) in [6.45, 7) is 1.82. The van der Waals surface area contributed by atoms with E-state index in [1.54, 1.807) is 47.4 Å². The van der Waals surface area contributed by atoms with Gasteiger partial charge in [-0.15, -0.1) is 0 Å². The number of H-pyrrole nitrogens is 1. The molecule has 0 spiro atoms. The van der Waals surface area contributed by atoms with Crippen molar-refractivity contribution in [1.29, 1.82) is 0 Å². The van der Waals surface area contributed by atoms with Gasteiger partial charge in [0.15, 0.2) is 0 Å². The van der Waals surface area contributed by atoms with Crippen molar-refractivity contribution in [3.8, 4) is 11.5 Å². The third-order valence-corrected chi connectivity index (χ3v) is 4.59. The number of carbonyl (C=O) groups is 2. The molecule has 26 heavy (non-hydrogen) atoms. The van der Waals surface area contributed by atoms with Crippen molar-refractivity contribution in [2.45, 2.75) is 0 Å². The molecule has 8 heteroatoms. The van der Waals surface area contributed by atoms with E-state index in [0.717, 1.165) is 0 Å². The lowest BCUT2D eigenvalue weighted by Gasteiger charge is -2.34. The average Bonchev–Trinajstić information content (AvgIpc) is 3.12. The molecule has 0 saturated carbocycles. The molecule has 138 valence electrons. The van der Waals surface area contributed by atoms with E-state index < -0.39 is 0 Å². The summed E-state index contributed by atoms with van der Waals surface area (Å²) in [5, 5.41) is 0.494. The first-order valence-electron chi connectivity index (χ1n) is 8.18. The molecule has 2 aromatic rings. The molecule has 1 aliphatic heterocycles. The van der Waals surface area contributed by atoms with Gasteiger partial charge in [-0.05, 0) is 18.2 Å². The molecular weight excluding hydrogens is 358 g/mol. The number of aromatic amines is 1. The van der Waals surface area contributed by atoms with Crippen LogP contribution in [-0.2, 0) is 0 Å². The van der Waals surface area contributed by atoms with E-state index in [-0.39, 0.29) is 11.8 Å². The number of hydrogen-bond donors (Lipinski definition) is 1. The van der Waals surface area contributed by atoms with Crippen LogP contribution in [0.15, 0.2) is 30.5 Å². The van der Waals surface area contributed by atoms with Gasteiger partial charge in [0.05, 0.1) is 24.8 Å². The molecule has 3 rings (SSSR count). The van der Waals surface area contributed by atoms with Crippen molar-refractivity contribution in [3.63, 3.8) is 0 Å². The van der Waals surface area contributed by atoms with E-state index in [4.69, 9.17) is 21.1 Å². The van der Waals surface area contributed by atoms with Crippen molar-refractivity contribution < 1.29 is 19.1 Å². The van der Waals surface area contributed by atoms with Gasteiger partial charge in [0.25, 0.3) is 11.8 Å². The predicted octanol–water partition coefficient (Wildman–Crippen LogP) is 2.28. The molecule has 2 heterocycles. The molecule has 1 N–H and O–H groups in total. The van der Waals surface area contributed by atoms with Crippen LogP contribution in [0.4, 0.5) is 0 Å². The van der Waals surface area contributed by atoms with Gasteiger partial charge in [0.1, 0.15) is 17.2 Å². The average molecular weight is 378 g/mol. The maximum absolute atomic E-state index is 12.8. The number of rotatable bonds is 4. The highest BCUT2D eigenvalue weighted by molar-refractivity contribution is 6.30. The summed E-state index contributed by atoms with van der Waals surface area (Å²) in [5.41, 5.74) is 0.927. The maximum atomic E-state index is 12.8. The normalized spacial score (nSPS) is 14.3. The van der Waals surface area contributed by atoms with Crippen molar-refractivity contribution in [2.24, 2.45) is 0 Å². The Morgan fingerprint density at radius 2 is 1.65 bits per heavy atom. The Balaban J connectivity index is 1.66. The Morgan fingerprint density at radius 1 is 1.00 bits per heavy atom. The van der Waals surface area contributed by atoms with Crippen LogP contribution in [0, 0.1) is 0 Å². The first kappa shape index (κ1) is 18.1. The minimum Gasteiger partial charge on any atom is -0.497 e. The number of nitrogens with zero attached hydrogens (tertiary/aromatic N) is 2. The Morgan fingerprint density at radius 3 is 2.19 bits per heavy atom. The maximum Gasteiger partial charge on any atom is 0.270 e. The quantitative estimate of drug-likeness (QED) is 0.887. The number of piperazine rings is 1. The van der Waals surface area contributed by atoms with Crippen LogP contribution in [0.25, 0.3) is 0 Å². The Hall–Kier alpha value is -2.67. The van der Waals surface area contributed by atoms with Gasteiger partial charge in [0.2, 0.25) is 0 Å². The van der Waals surface area contributed by atoms with Crippen LogP contribution in [0.1, 0.15) is 20.8 Å². The Bertz CT molecular complexity index is 813. The van der Waals surface area contributed by atoms with Gasteiger partial charge >= 0.3 is 0 Å². The molecule has 1 saturated heterocycles. The van der Waals surface area contributed by atoms with Crippen LogP contribution >= 0.6 is 11.6 Å². The molecule has 7 nitrogen and oxygen atoms in total. The van der Waals surface area contributed by atoms with Gasteiger partial charge in [-0.3, -0.25) is 9.59 Å². The third kappa shape index (κ3) is 3.62. The summed E-state index contributed by atoms with van der Waals surface area (Å²) in [4.78, 5) is 31.5. The number of ether oxygens (including phenoxy) is 2. The molecule has 0 unspecified atom stereocenters. The van der Waals surface area contributed by atoms with Crippen LogP contribution in [-0.4, -0.2) is 67.0 Å². The predicted molar refractivity (Wildman–Crippen MR) is 97.2 cm³/mol. The van der Waals surface area contributed by atoms with Gasteiger partial charge in [-0.25, -0.2) is 0 Å². The molecule has 0 atom stereocenters. The number of methoxy groups -OCH3 is 2. The van der Waals surface area contributed by atoms with Crippen molar-refractivity contribution in [2.75, 3.05) is 40.4 Å². The monoisotopic (exact) mass is 377 g/mol. The summed E-state index contributed by atoms with van der Waals surface area (Å²) in [5.74, 6) is 0.845. The lowest BCUT2D eigenvalue weighted by molar-refractivity contribution is 0.0531. The first-order chi connectivity index (χ1) is 12.5. The summed E-state index contributed by atoms with van der Waals surface area (Å²) in [7, 11) is 3.08. The van der Waals surface area contributed by atoms with Crippen molar-refractivity contribution in [1.82, 2.24) is 14.8 Å². The largest absolute Gasteiger partial charge is 0.497 e. The standard InChI is InChI=1S/C18H20ClN3O4/c1-25-13-3-4-14(16(10-13)26-2)17(23)21-5-7-22(8-6-21)18(24)15-9-12(19)11-20-15/h3-4,9-11,20H,5-8H2,1-2H3. The number of nitrogens with one attached hydrogen (secondary N) is 1. The van der Waals surface area contributed by atoms with Crippen LogP contribution in [0.2, 0.25) is 5.02 Å². The fraction of sp³-hybridized carbons (Fsp3) is 0.333. The Kier molecular flexibility index (Phi) is 5.37. The molecule has 1 aromatic heterocycles. The van der Waals surface area contributed by atoms with E-state index in [9.17, 15) is 9.59 Å². The number of hydrogen-bond acceptors (Lipinski definition) is 4. The second-order valence-corrected chi connectivity index (χ2v) is 6.32. The highest BCUT2D eigenvalue weighted by Crippen LogP contribution is 2.26. The lowest BCUT2D eigenvalue weighted by atomic mass is 10.1. The SMILES string of the molecule is COc1ccc(C(=O)N2CCN(C(=O)c3cc(Cl)c[nH]3)CC2)c(OC)c1. The fourth-order valence-electron chi connectivity index (χ4n) is 2.92. The zero-order chi connectivity index (χ0) is 18.7. The zero-order valence-electron chi connectivity index (χ0n) is 14.6. The number of carbonyl (C=O) groups excluding carboxylic acids is 2. The van der Waals surface area contributed by atoms with E-state index >= 15 is 0 Å². The molecule has 0 radical (unpaired) electrons. The van der Waals surface area contributed by atoms with Crippen LogP contribution in [0.5, 0.6) is 11.5 Å². The summed E-state index contributed by atoms with van der Waals surface area (Å²) in [6.07, 6.45) is 1.57. The molecule has 1 aromatic carbocycles. The molecule has 1 fully saturated rings. The minimum absolute atomic E-state index is 0.119. The Labute approximate surface area is 156 Å². The summed E-state index contributed by atoms with van der Waals surface area (Å²) in [6, 6.07) is 6.70. The molecule has 0 bridgehead atoms.